The van der Waals surface area contributed by atoms with Crippen LogP contribution in [0.2, 0.25) is 0 Å². The summed E-state index contributed by atoms with van der Waals surface area (Å²) in [5.74, 6) is -0.0432. The molecule has 0 aromatic heterocycles. The van der Waals surface area contributed by atoms with Crippen molar-refractivity contribution in [1.29, 1.82) is 0 Å². The molecule has 79 heavy (non-hydrogen) atoms. The molecule has 0 rings (SSSR count). The summed E-state index contributed by atoms with van der Waals surface area (Å²) in [5, 5.41) is 23.4. The van der Waals surface area contributed by atoms with Crippen molar-refractivity contribution in [3.05, 3.63) is 36.5 Å². The number of ether oxygens (including phenoxy) is 1. The third kappa shape index (κ3) is 65.1. The highest BCUT2D eigenvalue weighted by Crippen LogP contribution is 2.19. The number of hydrogen-bond acceptors (Lipinski definition) is 5. The van der Waals surface area contributed by atoms with Gasteiger partial charge in [0.25, 0.3) is 0 Å². The lowest BCUT2D eigenvalue weighted by atomic mass is 10.0. The van der Waals surface area contributed by atoms with E-state index in [9.17, 15) is 19.8 Å². The fraction of sp³-hybridized carbons (Fsp3) is 0.890. The number of rotatable bonds is 67. The molecule has 2 unspecified atom stereocenters. The van der Waals surface area contributed by atoms with Crippen LogP contribution >= 0.6 is 0 Å². The SMILES string of the molecule is CCCCCC/C=C\C/C=C\CCCCCCCC(=O)OCCCCCCCCCCCC/C=C\CCCCCCCCCC(=O)NC(CO)C(O)CCCCCCCCCCCCCCCCCCCCCCCCCCC. The molecule has 0 aromatic rings. The number of hydrogen-bond donors (Lipinski definition) is 3. The summed E-state index contributed by atoms with van der Waals surface area (Å²) in [4.78, 5) is 24.6. The van der Waals surface area contributed by atoms with Gasteiger partial charge in [0.05, 0.1) is 25.4 Å². The van der Waals surface area contributed by atoms with Crippen molar-refractivity contribution in [2.45, 2.75) is 405 Å². The minimum Gasteiger partial charge on any atom is -0.466 e. The van der Waals surface area contributed by atoms with Gasteiger partial charge in [-0.05, 0) is 83.5 Å². The van der Waals surface area contributed by atoms with Crippen LogP contribution in [-0.4, -0.2) is 47.4 Å². The van der Waals surface area contributed by atoms with Gasteiger partial charge in [-0.2, -0.15) is 0 Å². The number of aliphatic hydroxyl groups is 2. The van der Waals surface area contributed by atoms with Gasteiger partial charge in [-0.15, -0.1) is 0 Å². The Morgan fingerprint density at radius 3 is 0.987 bits per heavy atom. The van der Waals surface area contributed by atoms with Crippen LogP contribution in [0.4, 0.5) is 0 Å². The van der Waals surface area contributed by atoms with E-state index in [4.69, 9.17) is 4.74 Å². The molecule has 3 N–H and O–H groups in total. The summed E-state index contributed by atoms with van der Waals surface area (Å²) in [6, 6.07) is -0.550. The molecule has 466 valence electrons. The highest BCUT2D eigenvalue weighted by molar-refractivity contribution is 5.76. The zero-order valence-electron chi connectivity index (χ0n) is 53.4. The van der Waals surface area contributed by atoms with Gasteiger partial charge in [-0.25, -0.2) is 0 Å². The van der Waals surface area contributed by atoms with E-state index < -0.39 is 12.1 Å². The lowest BCUT2D eigenvalue weighted by molar-refractivity contribution is -0.143. The van der Waals surface area contributed by atoms with Crippen molar-refractivity contribution in [2.24, 2.45) is 0 Å². The molecule has 0 spiro atoms. The standard InChI is InChI=1S/C73H139NO5/c1-3-5-7-9-11-13-15-17-19-21-22-23-24-25-26-28-31-34-37-41-45-49-53-57-61-65-71(76)70(69-75)74-72(77)66-62-58-54-50-46-42-38-35-32-29-27-30-33-36-40-44-48-52-56-60-64-68-79-73(78)67-63-59-55-51-47-43-39-20-18-16-14-12-10-8-6-4-2/h14,16,20,29,32,39,70-71,75-76H,3-13,15,17-19,21-28,30-31,33-38,40-69H2,1-2H3,(H,74,77)/b16-14-,32-29-,39-20-. The molecular weight excluding hydrogens is 971 g/mol. The second-order valence-corrected chi connectivity index (χ2v) is 24.6. The molecule has 6 nitrogen and oxygen atoms in total. The van der Waals surface area contributed by atoms with E-state index in [2.05, 4.69) is 55.6 Å². The second-order valence-electron chi connectivity index (χ2n) is 24.6. The van der Waals surface area contributed by atoms with Crippen LogP contribution in [0.3, 0.4) is 0 Å². The average Bonchev–Trinajstić information content (AvgIpc) is 3.45. The molecule has 0 aliphatic rings. The maximum absolute atomic E-state index is 12.6. The van der Waals surface area contributed by atoms with Crippen molar-refractivity contribution < 1.29 is 24.5 Å². The molecule has 0 aliphatic heterocycles. The van der Waals surface area contributed by atoms with Gasteiger partial charge in [-0.1, -0.05) is 333 Å². The largest absolute Gasteiger partial charge is 0.466 e. The lowest BCUT2D eigenvalue weighted by Gasteiger charge is -2.22. The highest BCUT2D eigenvalue weighted by Gasteiger charge is 2.20. The van der Waals surface area contributed by atoms with Crippen LogP contribution in [0, 0.1) is 0 Å². The topological polar surface area (TPSA) is 95.9 Å². The summed E-state index contributed by atoms with van der Waals surface area (Å²) in [7, 11) is 0. The highest BCUT2D eigenvalue weighted by atomic mass is 16.5. The van der Waals surface area contributed by atoms with Gasteiger partial charge in [0.1, 0.15) is 0 Å². The van der Waals surface area contributed by atoms with Crippen molar-refractivity contribution >= 4 is 11.9 Å². The molecule has 0 bridgehead atoms. The minimum atomic E-state index is -0.672. The van der Waals surface area contributed by atoms with Crippen molar-refractivity contribution in [3.63, 3.8) is 0 Å². The van der Waals surface area contributed by atoms with Crippen LogP contribution in [0.5, 0.6) is 0 Å². The van der Waals surface area contributed by atoms with Gasteiger partial charge < -0.3 is 20.3 Å². The quantitative estimate of drug-likeness (QED) is 0.0320. The Balaban J connectivity index is 3.42. The first-order valence-electron chi connectivity index (χ1n) is 35.7. The molecule has 0 aliphatic carbocycles. The van der Waals surface area contributed by atoms with E-state index in [0.29, 0.717) is 25.9 Å². The molecule has 1 amide bonds. The van der Waals surface area contributed by atoms with Crippen LogP contribution in [0.15, 0.2) is 36.5 Å². The number of carbonyl (C=O) groups is 2. The fourth-order valence-corrected chi connectivity index (χ4v) is 11.2. The van der Waals surface area contributed by atoms with Crippen molar-refractivity contribution in [1.82, 2.24) is 5.32 Å². The van der Waals surface area contributed by atoms with Gasteiger partial charge in [0.15, 0.2) is 0 Å². The number of carbonyl (C=O) groups excluding carboxylic acids is 2. The first-order valence-corrected chi connectivity index (χ1v) is 35.7. The van der Waals surface area contributed by atoms with E-state index in [1.807, 2.05) is 0 Å². The second kappa shape index (κ2) is 68.6. The molecule has 0 saturated heterocycles. The maximum atomic E-state index is 12.6. The Bertz CT molecular complexity index is 1280. The first kappa shape index (κ1) is 77.1. The lowest BCUT2D eigenvalue weighted by Crippen LogP contribution is -2.45. The van der Waals surface area contributed by atoms with E-state index in [0.717, 1.165) is 51.4 Å². The molecule has 0 radical (unpaired) electrons. The molecular formula is C73H139NO5. The molecule has 0 aromatic carbocycles. The van der Waals surface area contributed by atoms with Gasteiger partial charge in [0.2, 0.25) is 5.91 Å². The van der Waals surface area contributed by atoms with Gasteiger partial charge >= 0.3 is 5.97 Å². The molecule has 0 heterocycles. The Hall–Kier alpha value is -1.92. The van der Waals surface area contributed by atoms with Crippen LogP contribution in [0.25, 0.3) is 0 Å². The maximum Gasteiger partial charge on any atom is 0.305 e. The smallest absolute Gasteiger partial charge is 0.305 e. The number of aliphatic hydroxyl groups excluding tert-OH is 2. The average molecular weight is 1110 g/mol. The van der Waals surface area contributed by atoms with E-state index in [1.165, 1.54) is 308 Å². The van der Waals surface area contributed by atoms with Crippen LogP contribution in [0.1, 0.15) is 393 Å². The van der Waals surface area contributed by atoms with Gasteiger partial charge in [0, 0.05) is 12.8 Å². The first-order chi connectivity index (χ1) is 39.0. The van der Waals surface area contributed by atoms with Gasteiger partial charge in [-0.3, -0.25) is 9.59 Å². The Morgan fingerprint density at radius 1 is 0.354 bits per heavy atom. The molecule has 6 heteroatoms. The number of unbranched alkanes of at least 4 members (excludes halogenated alkanes) is 50. The third-order valence-electron chi connectivity index (χ3n) is 16.7. The minimum absolute atomic E-state index is 0.00446. The van der Waals surface area contributed by atoms with Crippen molar-refractivity contribution in [3.8, 4) is 0 Å². The Morgan fingerprint density at radius 2 is 0.633 bits per heavy atom. The Kier molecular flexibility index (Phi) is 66.9. The van der Waals surface area contributed by atoms with Crippen LogP contribution < -0.4 is 5.32 Å². The zero-order chi connectivity index (χ0) is 57.1. The predicted octanol–water partition coefficient (Wildman–Crippen LogP) is 23.1. The summed E-state index contributed by atoms with van der Waals surface area (Å²) < 4.78 is 5.48. The molecule has 0 fully saturated rings. The molecule has 0 saturated carbocycles. The summed E-state index contributed by atoms with van der Waals surface area (Å²) in [6.07, 6.45) is 87.6. The van der Waals surface area contributed by atoms with Crippen LogP contribution in [-0.2, 0) is 14.3 Å². The number of esters is 1. The number of allylic oxidation sites excluding steroid dienone is 6. The number of amides is 1. The van der Waals surface area contributed by atoms with E-state index >= 15 is 0 Å². The predicted molar refractivity (Wildman–Crippen MR) is 347 cm³/mol. The summed E-state index contributed by atoms with van der Waals surface area (Å²) in [6.45, 7) is 4.96. The Labute approximate surface area is 494 Å². The zero-order valence-corrected chi connectivity index (χ0v) is 53.4. The van der Waals surface area contributed by atoms with Crippen molar-refractivity contribution in [2.75, 3.05) is 13.2 Å². The summed E-state index contributed by atoms with van der Waals surface area (Å²) in [5.41, 5.74) is 0. The third-order valence-corrected chi connectivity index (χ3v) is 16.7. The van der Waals surface area contributed by atoms with E-state index in [1.54, 1.807) is 0 Å². The fourth-order valence-electron chi connectivity index (χ4n) is 11.2. The van der Waals surface area contributed by atoms with E-state index in [-0.39, 0.29) is 18.5 Å². The normalized spacial score (nSPS) is 12.7. The monoisotopic (exact) mass is 1110 g/mol. The number of nitrogens with one attached hydrogen (secondary N) is 1. The summed E-state index contributed by atoms with van der Waals surface area (Å²) >= 11 is 0. The molecule has 2 atom stereocenters.